The molecule has 5 aromatic rings. The minimum atomic E-state index is -0.348. The first-order chi connectivity index (χ1) is 18.1. The summed E-state index contributed by atoms with van der Waals surface area (Å²) in [6.07, 6.45) is 4.79. The molecule has 8 nitrogen and oxygen atoms in total. The second-order valence-corrected chi connectivity index (χ2v) is 8.10. The van der Waals surface area contributed by atoms with E-state index in [-0.39, 0.29) is 11.8 Å². The molecule has 0 unspecified atom stereocenters. The minimum Gasteiger partial charge on any atom is -0.496 e. The zero-order valence-corrected chi connectivity index (χ0v) is 20.0. The maximum absolute atomic E-state index is 13.5. The number of carbonyl (C=O) groups is 2. The van der Waals surface area contributed by atoms with E-state index in [0.29, 0.717) is 39.5 Å². The normalized spacial score (nSPS) is 10.5. The predicted octanol–water partition coefficient (Wildman–Crippen LogP) is 5.45. The third kappa shape index (κ3) is 5.23. The van der Waals surface area contributed by atoms with Gasteiger partial charge in [0.25, 0.3) is 11.8 Å². The topological polar surface area (TPSA) is 98.1 Å². The second kappa shape index (κ2) is 10.6. The van der Waals surface area contributed by atoms with E-state index < -0.39 is 0 Å². The third-order valence-electron chi connectivity index (χ3n) is 5.64. The van der Waals surface area contributed by atoms with Gasteiger partial charge in [0.15, 0.2) is 0 Å². The third-order valence-corrected chi connectivity index (χ3v) is 5.64. The number of para-hydroxylation sites is 2. The van der Waals surface area contributed by atoms with Crippen LogP contribution in [0.1, 0.15) is 20.7 Å². The van der Waals surface area contributed by atoms with Gasteiger partial charge in [-0.2, -0.15) is 5.10 Å². The van der Waals surface area contributed by atoms with Crippen molar-refractivity contribution in [3.63, 3.8) is 0 Å². The molecule has 182 valence electrons. The van der Waals surface area contributed by atoms with E-state index in [1.165, 1.54) is 6.20 Å². The van der Waals surface area contributed by atoms with Crippen LogP contribution in [0.15, 0.2) is 110 Å². The highest BCUT2D eigenvalue weighted by Gasteiger charge is 2.21. The number of hydrogen-bond acceptors (Lipinski definition) is 5. The van der Waals surface area contributed by atoms with Crippen molar-refractivity contribution in [3.8, 4) is 22.7 Å². The molecule has 2 aromatic heterocycles. The molecule has 2 amide bonds. The molecule has 0 bridgehead atoms. The average molecular weight is 490 g/mol. The monoisotopic (exact) mass is 489 g/mol. The van der Waals surface area contributed by atoms with Crippen LogP contribution in [0.25, 0.3) is 16.9 Å². The van der Waals surface area contributed by atoms with Crippen molar-refractivity contribution in [1.29, 1.82) is 0 Å². The number of nitrogens with zero attached hydrogens (tertiary/aromatic N) is 3. The van der Waals surface area contributed by atoms with Gasteiger partial charge in [-0.05, 0) is 54.6 Å². The number of nitrogens with one attached hydrogen (secondary N) is 2. The number of benzene rings is 3. The van der Waals surface area contributed by atoms with E-state index in [0.717, 1.165) is 5.69 Å². The van der Waals surface area contributed by atoms with Crippen LogP contribution in [0.2, 0.25) is 0 Å². The standard InChI is InChI=1S/C29H23N5O3/c1-37-26-15-6-5-14-24(26)27-25(19-34(33-27)23-12-3-2-4-13-23)29(36)32-22-11-7-10-21(17-22)31-28(35)20-9-8-16-30-18-20/h2-19H,1H3,(H,31,35)(H,32,36). The van der Waals surface area contributed by atoms with Crippen molar-refractivity contribution in [1.82, 2.24) is 14.8 Å². The van der Waals surface area contributed by atoms with Gasteiger partial charge >= 0.3 is 0 Å². The van der Waals surface area contributed by atoms with Gasteiger partial charge in [0, 0.05) is 35.5 Å². The van der Waals surface area contributed by atoms with E-state index >= 15 is 0 Å². The first-order valence-corrected chi connectivity index (χ1v) is 11.5. The van der Waals surface area contributed by atoms with Crippen LogP contribution in [0, 0.1) is 0 Å². The van der Waals surface area contributed by atoms with E-state index in [9.17, 15) is 9.59 Å². The number of pyridine rings is 1. The second-order valence-electron chi connectivity index (χ2n) is 8.10. The first kappa shape index (κ1) is 23.5. The highest BCUT2D eigenvalue weighted by atomic mass is 16.5. The number of rotatable bonds is 7. The molecule has 2 heterocycles. The van der Waals surface area contributed by atoms with Gasteiger partial charge in [0.1, 0.15) is 11.4 Å². The zero-order chi connectivity index (χ0) is 25.6. The summed E-state index contributed by atoms with van der Waals surface area (Å²) in [4.78, 5) is 30.0. The van der Waals surface area contributed by atoms with Crippen LogP contribution in [-0.2, 0) is 0 Å². The lowest BCUT2D eigenvalue weighted by atomic mass is 10.1. The molecule has 0 aliphatic heterocycles. The number of amides is 2. The van der Waals surface area contributed by atoms with Gasteiger partial charge in [-0.1, -0.05) is 36.4 Å². The van der Waals surface area contributed by atoms with Gasteiger partial charge in [-0.3, -0.25) is 14.6 Å². The number of ether oxygens (including phenoxy) is 1. The Bertz CT molecular complexity index is 1550. The zero-order valence-electron chi connectivity index (χ0n) is 20.0. The summed E-state index contributed by atoms with van der Waals surface area (Å²) in [6, 6.07) is 27.3. The lowest BCUT2D eigenvalue weighted by Crippen LogP contribution is -2.14. The fourth-order valence-corrected chi connectivity index (χ4v) is 3.87. The molecule has 0 saturated heterocycles. The number of hydrogen-bond donors (Lipinski definition) is 2. The average Bonchev–Trinajstić information content (AvgIpc) is 3.40. The maximum atomic E-state index is 13.5. The number of aromatic nitrogens is 3. The van der Waals surface area contributed by atoms with Gasteiger partial charge < -0.3 is 15.4 Å². The summed E-state index contributed by atoms with van der Waals surface area (Å²) < 4.78 is 7.20. The summed E-state index contributed by atoms with van der Waals surface area (Å²) in [7, 11) is 1.58. The molecule has 37 heavy (non-hydrogen) atoms. The fraction of sp³-hybridized carbons (Fsp3) is 0.0345. The van der Waals surface area contributed by atoms with E-state index in [1.54, 1.807) is 60.6 Å². The highest BCUT2D eigenvalue weighted by Crippen LogP contribution is 2.32. The van der Waals surface area contributed by atoms with Crippen LogP contribution in [0.4, 0.5) is 11.4 Å². The minimum absolute atomic E-state index is 0.292. The molecule has 2 N–H and O–H groups in total. The Morgan fingerprint density at radius 2 is 1.54 bits per heavy atom. The van der Waals surface area contributed by atoms with Gasteiger partial charge in [0.2, 0.25) is 0 Å². The Balaban J connectivity index is 1.45. The Morgan fingerprint density at radius 1 is 0.811 bits per heavy atom. The highest BCUT2D eigenvalue weighted by molar-refractivity contribution is 6.09. The molecule has 0 aliphatic rings. The van der Waals surface area contributed by atoms with Crippen LogP contribution in [0.5, 0.6) is 5.75 Å². The summed E-state index contributed by atoms with van der Waals surface area (Å²) in [6.45, 7) is 0. The van der Waals surface area contributed by atoms with Crippen LogP contribution < -0.4 is 15.4 Å². The summed E-state index contributed by atoms with van der Waals surface area (Å²) in [5.41, 5.74) is 3.87. The van der Waals surface area contributed by atoms with Gasteiger partial charge in [0.05, 0.1) is 23.9 Å². The molecular weight excluding hydrogens is 466 g/mol. The Labute approximate surface area is 213 Å². The molecule has 0 fully saturated rings. The molecule has 5 rings (SSSR count). The quantitative estimate of drug-likeness (QED) is 0.317. The molecule has 0 aliphatic carbocycles. The van der Waals surface area contributed by atoms with E-state index in [1.807, 2.05) is 54.6 Å². The van der Waals surface area contributed by atoms with Crippen molar-refractivity contribution in [2.24, 2.45) is 0 Å². The van der Waals surface area contributed by atoms with Crippen molar-refractivity contribution >= 4 is 23.2 Å². The lowest BCUT2D eigenvalue weighted by molar-refractivity contribution is 0.101. The smallest absolute Gasteiger partial charge is 0.259 e. The van der Waals surface area contributed by atoms with Crippen molar-refractivity contribution in [2.75, 3.05) is 17.7 Å². The molecule has 0 saturated carbocycles. The maximum Gasteiger partial charge on any atom is 0.259 e. The van der Waals surface area contributed by atoms with Gasteiger partial charge in [-0.15, -0.1) is 0 Å². The largest absolute Gasteiger partial charge is 0.496 e. The summed E-state index contributed by atoms with van der Waals surface area (Å²) >= 11 is 0. The predicted molar refractivity (Wildman–Crippen MR) is 142 cm³/mol. The summed E-state index contributed by atoms with van der Waals surface area (Å²) in [5.74, 6) is -0.0343. The fourth-order valence-electron chi connectivity index (χ4n) is 3.87. The molecule has 0 radical (unpaired) electrons. The Morgan fingerprint density at radius 3 is 2.27 bits per heavy atom. The molecule has 8 heteroatoms. The van der Waals surface area contributed by atoms with E-state index in [4.69, 9.17) is 9.84 Å². The molecule has 3 aromatic carbocycles. The van der Waals surface area contributed by atoms with Crippen LogP contribution in [0.3, 0.4) is 0 Å². The summed E-state index contributed by atoms with van der Waals surface area (Å²) in [5, 5.41) is 10.5. The van der Waals surface area contributed by atoms with Gasteiger partial charge in [-0.25, -0.2) is 4.68 Å². The molecule has 0 spiro atoms. The number of anilines is 2. The van der Waals surface area contributed by atoms with Crippen LogP contribution >= 0.6 is 0 Å². The molecule has 0 atom stereocenters. The van der Waals surface area contributed by atoms with E-state index in [2.05, 4.69) is 15.6 Å². The number of carbonyl (C=O) groups excluding carboxylic acids is 2. The SMILES string of the molecule is COc1ccccc1-c1nn(-c2ccccc2)cc1C(=O)Nc1cccc(NC(=O)c2cccnc2)c1. The lowest BCUT2D eigenvalue weighted by Gasteiger charge is -2.10. The van der Waals surface area contributed by atoms with Crippen molar-refractivity contribution in [2.45, 2.75) is 0 Å². The first-order valence-electron chi connectivity index (χ1n) is 11.5. The van der Waals surface area contributed by atoms with Crippen molar-refractivity contribution in [3.05, 3.63) is 121 Å². The van der Waals surface area contributed by atoms with Crippen LogP contribution in [-0.4, -0.2) is 33.7 Å². The Hall–Kier alpha value is -5.24. The molecular formula is C29H23N5O3. The Kier molecular flexibility index (Phi) is 6.72. The number of methoxy groups -OCH3 is 1. The van der Waals surface area contributed by atoms with Crippen molar-refractivity contribution < 1.29 is 14.3 Å².